The zero-order chi connectivity index (χ0) is 16.9. The summed E-state index contributed by atoms with van der Waals surface area (Å²) in [4.78, 5) is 14.4. The molecule has 0 saturated carbocycles. The lowest BCUT2D eigenvalue weighted by atomic mass is 10.0. The van der Waals surface area contributed by atoms with E-state index in [1.165, 1.54) is 0 Å². The number of piperidine rings is 1. The second-order valence-electron chi connectivity index (χ2n) is 5.92. The number of hydrogen-bond acceptors (Lipinski definition) is 3. The number of amides is 1. The number of likely N-dealkylation sites (tertiary alicyclic amines) is 1. The van der Waals surface area contributed by atoms with Gasteiger partial charge in [0.15, 0.2) is 0 Å². The predicted molar refractivity (Wildman–Crippen MR) is 97.0 cm³/mol. The van der Waals surface area contributed by atoms with E-state index in [2.05, 4.69) is 5.32 Å². The molecule has 3 rings (SSSR count). The normalized spacial score (nSPS) is 15.2. The van der Waals surface area contributed by atoms with Crippen LogP contribution in [0.5, 0.6) is 5.75 Å². The van der Waals surface area contributed by atoms with Crippen LogP contribution in [0.4, 0.5) is 5.69 Å². The molecule has 5 heteroatoms. The number of methoxy groups -OCH3 is 1. The summed E-state index contributed by atoms with van der Waals surface area (Å²) in [6, 6.07) is 15.4. The van der Waals surface area contributed by atoms with Gasteiger partial charge in [-0.2, -0.15) is 0 Å². The van der Waals surface area contributed by atoms with E-state index < -0.39 is 0 Å². The highest BCUT2D eigenvalue weighted by Gasteiger charge is 2.24. The highest BCUT2D eigenvalue weighted by molar-refractivity contribution is 6.30. The van der Waals surface area contributed by atoms with Gasteiger partial charge < -0.3 is 15.0 Å². The number of carbonyl (C=O) groups is 1. The fraction of sp³-hybridized carbons (Fsp3) is 0.316. The smallest absolute Gasteiger partial charge is 0.253 e. The molecule has 0 bridgehead atoms. The monoisotopic (exact) mass is 344 g/mol. The summed E-state index contributed by atoms with van der Waals surface area (Å²) in [6.07, 6.45) is 1.81. The van der Waals surface area contributed by atoms with Gasteiger partial charge >= 0.3 is 0 Å². The number of nitrogens with zero attached hydrogens (tertiary/aromatic N) is 1. The van der Waals surface area contributed by atoms with E-state index in [-0.39, 0.29) is 5.91 Å². The second-order valence-corrected chi connectivity index (χ2v) is 6.36. The van der Waals surface area contributed by atoms with Crippen LogP contribution in [0.1, 0.15) is 23.2 Å². The van der Waals surface area contributed by atoms with Crippen LogP contribution in [0.15, 0.2) is 48.5 Å². The summed E-state index contributed by atoms with van der Waals surface area (Å²) in [6.45, 7) is 1.47. The molecule has 0 aliphatic carbocycles. The first kappa shape index (κ1) is 16.7. The first-order valence-corrected chi connectivity index (χ1v) is 8.49. The lowest BCUT2D eigenvalue weighted by molar-refractivity contribution is 0.0718. The fourth-order valence-electron chi connectivity index (χ4n) is 3.01. The van der Waals surface area contributed by atoms with Gasteiger partial charge in [0.1, 0.15) is 5.75 Å². The number of anilines is 1. The van der Waals surface area contributed by atoms with Crippen molar-refractivity contribution in [3.8, 4) is 5.75 Å². The molecule has 1 amide bonds. The largest absolute Gasteiger partial charge is 0.495 e. The van der Waals surface area contributed by atoms with Gasteiger partial charge in [0.2, 0.25) is 0 Å². The molecule has 24 heavy (non-hydrogen) atoms. The first-order valence-electron chi connectivity index (χ1n) is 8.12. The predicted octanol–water partition coefficient (Wildman–Crippen LogP) is 4.07. The molecule has 126 valence electrons. The van der Waals surface area contributed by atoms with E-state index >= 15 is 0 Å². The Kier molecular flexibility index (Phi) is 5.26. The quantitative estimate of drug-likeness (QED) is 0.909. The standard InChI is InChI=1S/C19H21ClN2O2/c1-24-18-8-3-2-7-17(18)21-16-9-11-22(12-10-16)19(23)14-5-4-6-15(20)13-14/h2-8,13,16,21H,9-12H2,1H3. The SMILES string of the molecule is COc1ccccc1NC1CCN(C(=O)c2cccc(Cl)c2)CC1. The maximum absolute atomic E-state index is 12.5. The molecule has 1 saturated heterocycles. The second kappa shape index (κ2) is 7.58. The molecule has 0 spiro atoms. The maximum Gasteiger partial charge on any atom is 0.253 e. The molecule has 1 fully saturated rings. The van der Waals surface area contributed by atoms with Crippen LogP contribution in [0.3, 0.4) is 0 Å². The highest BCUT2D eigenvalue weighted by atomic mass is 35.5. The van der Waals surface area contributed by atoms with Gasteiger partial charge in [-0.25, -0.2) is 0 Å². The van der Waals surface area contributed by atoms with Crippen molar-refractivity contribution < 1.29 is 9.53 Å². The summed E-state index contributed by atoms with van der Waals surface area (Å²) < 4.78 is 5.38. The van der Waals surface area contributed by atoms with Gasteiger partial charge in [0.25, 0.3) is 5.91 Å². The van der Waals surface area contributed by atoms with E-state index in [9.17, 15) is 4.79 Å². The van der Waals surface area contributed by atoms with Gasteiger partial charge in [-0.3, -0.25) is 4.79 Å². The van der Waals surface area contributed by atoms with Crippen LogP contribution in [0.25, 0.3) is 0 Å². The number of benzene rings is 2. The van der Waals surface area contributed by atoms with Crippen molar-refractivity contribution in [1.82, 2.24) is 4.90 Å². The molecular formula is C19H21ClN2O2. The lowest BCUT2D eigenvalue weighted by Gasteiger charge is -2.33. The molecule has 0 radical (unpaired) electrons. The third kappa shape index (κ3) is 3.82. The minimum atomic E-state index is 0.0493. The van der Waals surface area contributed by atoms with Crippen LogP contribution in [0.2, 0.25) is 5.02 Å². The van der Waals surface area contributed by atoms with Crippen molar-refractivity contribution in [2.24, 2.45) is 0 Å². The molecule has 1 aliphatic rings. The van der Waals surface area contributed by atoms with Crippen LogP contribution in [-0.2, 0) is 0 Å². The Morgan fingerprint density at radius 1 is 1.17 bits per heavy atom. The Balaban J connectivity index is 1.58. The molecule has 0 atom stereocenters. The summed E-state index contributed by atoms with van der Waals surface area (Å²) in [5.41, 5.74) is 1.65. The number of nitrogens with one attached hydrogen (secondary N) is 1. The molecule has 0 aromatic heterocycles. The fourth-order valence-corrected chi connectivity index (χ4v) is 3.21. The van der Waals surface area contributed by atoms with Crippen LogP contribution < -0.4 is 10.1 Å². The molecule has 1 N–H and O–H groups in total. The summed E-state index contributed by atoms with van der Waals surface area (Å²) in [5, 5.41) is 4.12. The van der Waals surface area contributed by atoms with Crippen LogP contribution in [0, 0.1) is 0 Å². The van der Waals surface area contributed by atoms with E-state index in [1.54, 1.807) is 19.2 Å². The molecule has 2 aromatic carbocycles. The number of rotatable bonds is 4. The van der Waals surface area contributed by atoms with Crippen molar-refractivity contribution >= 4 is 23.2 Å². The topological polar surface area (TPSA) is 41.6 Å². The Labute approximate surface area is 147 Å². The van der Waals surface area contributed by atoms with Crippen LogP contribution >= 0.6 is 11.6 Å². The zero-order valence-corrected chi connectivity index (χ0v) is 14.4. The van der Waals surface area contributed by atoms with Gasteiger partial charge in [0.05, 0.1) is 12.8 Å². The maximum atomic E-state index is 12.5. The van der Waals surface area contributed by atoms with Crippen molar-refractivity contribution in [1.29, 1.82) is 0 Å². The first-order chi connectivity index (χ1) is 11.7. The lowest BCUT2D eigenvalue weighted by Crippen LogP contribution is -2.42. The molecule has 0 unspecified atom stereocenters. The van der Waals surface area contributed by atoms with Gasteiger partial charge in [-0.05, 0) is 43.2 Å². The minimum Gasteiger partial charge on any atom is -0.495 e. The molecular weight excluding hydrogens is 324 g/mol. The number of carbonyl (C=O) groups excluding carboxylic acids is 1. The number of halogens is 1. The molecule has 4 nitrogen and oxygen atoms in total. The number of ether oxygens (including phenoxy) is 1. The molecule has 2 aromatic rings. The van der Waals surface area contributed by atoms with Crippen molar-refractivity contribution in [2.75, 3.05) is 25.5 Å². The summed E-state index contributed by atoms with van der Waals surface area (Å²) >= 11 is 5.98. The van der Waals surface area contributed by atoms with E-state index in [0.717, 1.165) is 37.4 Å². The van der Waals surface area contributed by atoms with E-state index in [0.29, 0.717) is 16.6 Å². The zero-order valence-electron chi connectivity index (χ0n) is 13.7. The Hall–Kier alpha value is -2.20. The van der Waals surface area contributed by atoms with Gasteiger partial charge in [0, 0.05) is 29.7 Å². The van der Waals surface area contributed by atoms with E-state index in [4.69, 9.17) is 16.3 Å². The third-order valence-corrected chi connectivity index (χ3v) is 4.56. The van der Waals surface area contributed by atoms with Gasteiger partial charge in [-0.15, -0.1) is 0 Å². The average Bonchev–Trinajstić information content (AvgIpc) is 2.62. The summed E-state index contributed by atoms with van der Waals surface area (Å²) in [5.74, 6) is 0.892. The Morgan fingerprint density at radius 3 is 2.62 bits per heavy atom. The Bertz CT molecular complexity index is 712. The highest BCUT2D eigenvalue weighted by Crippen LogP contribution is 2.26. The molecule has 1 heterocycles. The van der Waals surface area contributed by atoms with Crippen molar-refractivity contribution in [3.63, 3.8) is 0 Å². The van der Waals surface area contributed by atoms with Crippen LogP contribution in [-0.4, -0.2) is 37.0 Å². The minimum absolute atomic E-state index is 0.0493. The Morgan fingerprint density at radius 2 is 1.92 bits per heavy atom. The summed E-state index contributed by atoms with van der Waals surface area (Å²) in [7, 11) is 1.67. The number of para-hydroxylation sites is 2. The number of hydrogen-bond donors (Lipinski definition) is 1. The van der Waals surface area contributed by atoms with Crippen molar-refractivity contribution in [3.05, 3.63) is 59.1 Å². The third-order valence-electron chi connectivity index (χ3n) is 4.32. The average molecular weight is 345 g/mol. The van der Waals surface area contributed by atoms with E-state index in [1.807, 2.05) is 41.3 Å². The van der Waals surface area contributed by atoms with Crippen molar-refractivity contribution in [2.45, 2.75) is 18.9 Å². The van der Waals surface area contributed by atoms with Gasteiger partial charge in [-0.1, -0.05) is 29.8 Å². The molecule has 1 aliphatic heterocycles.